The van der Waals surface area contributed by atoms with Gasteiger partial charge < -0.3 is 10.6 Å². The van der Waals surface area contributed by atoms with Gasteiger partial charge in [-0.25, -0.2) is 0 Å². The van der Waals surface area contributed by atoms with Crippen LogP contribution in [-0.2, 0) is 4.79 Å². The zero-order valence-corrected chi connectivity index (χ0v) is 13.9. The summed E-state index contributed by atoms with van der Waals surface area (Å²) in [6.45, 7) is 3.43. The quantitative estimate of drug-likeness (QED) is 0.778. The van der Waals surface area contributed by atoms with Crippen molar-refractivity contribution in [3.8, 4) is 0 Å². The summed E-state index contributed by atoms with van der Waals surface area (Å²) in [5, 5.41) is 5.53. The number of carbonyl (C=O) groups excluding carboxylic acids is 2. The molecule has 2 rings (SSSR count). The van der Waals surface area contributed by atoms with Gasteiger partial charge in [0.25, 0.3) is 5.91 Å². The van der Waals surface area contributed by atoms with Crippen molar-refractivity contribution >= 4 is 45.8 Å². The van der Waals surface area contributed by atoms with Crippen LogP contribution < -0.4 is 10.6 Å². The summed E-state index contributed by atoms with van der Waals surface area (Å²) in [4.78, 5) is 23.2. The Balaban J connectivity index is 2.12. The summed E-state index contributed by atoms with van der Waals surface area (Å²) in [6, 6.07) is 12.6. The topological polar surface area (TPSA) is 58.2 Å². The van der Waals surface area contributed by atoms with E-state index in [-0.39, 0.29) is 11.8 Å². The van der Waals surface area contributed by atoms with Gasteiger partial charge in [-0.15, -0.1) is 0 Å². The number of hydrogen-bond donors (Lipinski definition) is 2. The van der Waals surface area contributed by atoms with Crippen molar-refractivity contribution in [3.63, 3.8) is 0 Å². The fourth-order valence-corrected chi connectivity index (χ4v) is 2.47. The maximum Gasteiger partial charge on any atom is 0.256 e. The van der Waals surface area contributed by atoms with Gasteiger partial charge in [-0.05, 0) is 65.4 Å². The number of carbonyl (C=O) groups is 2. The van der Waals surface area contributed by atoms with Gasteiger partial charge in [0.1, 0.15) is 0 Å². The normalized spacial score (nSPS) is 10.0. The predicted octanol–water partition coefficient (Wildman–Crippen LogP) is 3.81. The van der Waals surface area contributed by atoms with Crippen LogP contribution in [-0.4, -0.2) is 11.8 Å². The molecule has 21 heavy (non-hydrogen) atoms. The SMILES string of the molecule is CC(=O)Nc1ccc(NC(=O)c2cccc(C)c2I)cc1. The highest BCUT2D eigenvalue weighted by Gasteiger charge is 2.11. The maximum absolute atomic E-state index is 12.3. The number of halogens is 1. The largest absolute Gasteiger partial charge is 0.326 e. The lowest BCUT2D eigenvalue weighted by Gasteiger charge is -2.09. The first kappa shape index (κ1) is 15.5. The van der Waals surface area contributed by atoms with Crippen molar-refractivity contribution in [2.45, 2.75) is 13.8 Å². The Hall–Kier alpha value is -1.89. The zero-order valence-electron chi connectivity index (χ0n) is 11.7. The molecular weight excluding hydrogens is 379 g/mol. The molecule has 2 aromatic carbocycles. The number of amides is 2. The predicted molar refractivity (Wildman–Crippen MR) is 92.6 cm³/mol. The first-order valence-electron chi connectivity index (χ1n) is 6.41. The van der Waals surface area contributed by atoms with Crippen LogP contribution in [0.3, 0.4) is 0 Å². The fourth-order valence-electron chi connectivity index (χ4n) is 1.86. The van der Waals surface area contributed by atoms with Gasteiger partial charge in [0.05, 0.1) is 5.56 Å². The van der Waals surface area contributed by atoms with E-state index in [1.165, 1.54) is 6.92 Å². The lowest BCUT2D eigenvalue weighted by molar-refractivity contribution is -0.114. The van der Waals surface area contributed by atoms with E-state index >= 15 is 0 Å². The fraction of sp³-hybridized carbons (Fsp3) is 0.125. The Bertz CT molecular complexity index is 681. The molecule has 2 N–H and O–H groups in total. The average Bonchev–Trinajstić information content (AvgIpc) is 2.43. The molecule has 2 amide bonds. The van der Waals surface area contributed by atoms with Gasteiger partial charge >= 0.3 is 0 Å². The Morgan fingerprint density at radius 1 is 0.952 bits per heavy atom. The minimum Gasteiger partial charge on any atom is -0.326 e. The molecule has 0 aliphatic heterocycles. The van der Waals surface area contributed by atoms with E-state index < -0.39 is 0 Å². The molecule has 0 unspecified atom stereocenters. The van der Waals surface area contributed by atoms with Crippen LogP contribution in [0.4, 0.5) is 11.4 Å². The Labute approximate surface area is 137 Å². The second-order valence-electron chi connectivity index (χ2n) is 4.65. The van der Waals surface area contributed by atoms with Crippen LogP contribution in [0.5, 0.6) is 0 Å². The first-order valence-corrected chi connectivity index (χ1v) is 7.49. The number of nitrogens with one attached hydrogen (secondary N) is 2. The molecule has 0 aliphatic rings. The summed E-state index contributed by atoms with van der Waals surface area (Å²) in [7, 11) is 0. The van der Waals surface area contributed by atoms with Crippen molar-refractivity contribution in [2.75, 3.05) is 10.6 Å². The van der Waals surface area contributed by atoms with Gasteiger partial charge in [0.15, 0.2) is 0 Å². The average molecular weight is 394 g/mol. The van der Waals surface area contributed by atoms with Crippen LogP contribution in [0.15, 0.2) is 42.5 Å². The minimum absolute atomic E-state index is 0.124. The van der Waals surface area contributed by atoms with Crippen molar-refractivity contribution in [2.24, 2.45) is 0 Å². The third kappa shape index (κ3) is 4.04. The lowest BCUT2D eigenvalue weighted by atomic mass is 10.1. The monoisotopic (exact) mass is 394 g/mol. The molecule has 0 atom stereocenters. The summed E-state index contributed by atoms with van der Waals surface area (Å²) in [5.41, 5.74) is 3.11. The van der Waals surface area contributed by atoms with Gasteiger partial charge in [-0.2, -0.15) is 0 Å². The second kappa shape index (κ2) is 6.71. The summed E-state index contributed by atoms with van der Waals surface area (Å²) >= 11 is 2.17. The minimum atomic E-state index is -0.143. The molecule has 5 heteroatoms. The zero-order chi connectivity index (χ0) is 15.4. The molecule has 0 fully saturated rings. The molecule has 2 aromatic rings. The van der Waals surface area contributed by atoms with Crippen molar-refractivity contribution in [3.05, 3.63) is 57.2 Å². The van der Waals surface area contributed by atoms with Crippen LogP contribution in [0.1, 0.15) is 22.8 Å². The molecule has 4 nitrogen and oxygen atoms in total. The molecular formula is C16H15IN2O2. The summed E-state index contributed by atoms with van der Waals surface area (Å²) < 4.78 is 0.947. The highest BCUT2D eigenvalue weighted by molar-refractivity contribution is 14.1. The van der Waals surface area contributed by atoms with E-state index in [9.17, 15) is 9.59 Å². The maximum atomic E-state index is 12.3. The molecule has 0 bridgehead atoms. The molecule has 0 saturated carbocycles. The van der Waals surface area contributed by atoms with E-state index in [1.807, 2.05) is 19.1 Å². The van der Waals surface area contributed by atoms with E-state index in [2.05, 4.69) is 33.2 Å². The third-order valence-electron chi connectivity index (χ3n) is 2.90. The second-order valence-corrected chi connectivity index (χ2v) is 5.73. The van der Waals surface area contributed by atoms with E-state index in [1.54, 1.807) is 30.3 Å². The molecule has 0 spiro atoms. The van der Waals surface area contributed by atoms with Crippen molar-refractivity contribution < 1.29 is 9.59 Å². The van der Waals surface area contributed by atoms with E-state index in [4.69, 9.17) is 0 Å². The lowest BCUT2D eigenvalue weighted by Crippen LogP contribution is -2.14. The highest BCUT2D eigenvalue weighted by Crippen LogP contribution is 2.19. The molecule has 0 aromatic heterocycles. The number of aryl methyl sites for hydroxylation is 1. The van der Waals surface area contributed by atoms with Crippen LogP contribution in [0.25, 0.3) is 0 Å². The van der Waals surface area contributed by atoms with Crippen molar-refractivity contribution in [1.29, 1.82) is 0 Å². The number of anilines is 2. The first-order chi connectivity index (χ1) is 9.97. The third-order valence-corrected chi connectivity index (χ3v) is 4.33. The Kier molecular flexibility index (Phi) is 4.95. The van der Waals surface area contributed by atoms with E-state index in [0.29, 0.717) is 16.9 Å². The van der Waals surface area contributed by atoms with Gasteiger partial charge in [-0.3, -0.25) is 9.59 Å². The number of benzene rings is 2. The molecule has 0 saturated heterocycles. The summed E-state index contributed by atoms with van der Waals surface area (Å²) in [6.07, 6.45) is 0. The van der Waals surface area contributed by atoms with Gasteiger partial charge in [-0.1, -0.05) is 12.1 Å². The summed E-state index contributed by atoms with van der Waals surface area (Å²) in [5.74, 6) is -0.267. The Morgan fingerprint density at radius 3 is 2.10 bits per heavy atom. The molecule has 108 valence electrons. The highest BCUT2D eigenvalue weighted by atomic mass is 127. The number of hydrogen-bond acceptors (Lipinski definition) is 2. The van der Waals surface area contributed by atoms with Crippen LogP contribution >= 0.6 is 22.6 Å². The number of rotatable bonds is 3. The van der Waals surface area contributed by atoms with Crippen LogP contribution in [0.2, 0.25) is 0 Å². The Morgan fingerprint density at radius 2 is 1.52 bits per heavy atom. The van der Waals surface area contributed by atoms with Gasteiger partial charge in [0, 0.05) is 21.9 Å². The molecule has 0 radical (unpaired) electrons. The van der Waals surface area contributed by atoms with Crippen LogP contribution in [0, 0.1) is 10.5 Å². The van der Waals surface area contributed by atoms with Gasteiger partial charge in [0.2, 0.25) is 5.91 Å². The molecule has 0 aliphatic carbocycles. The molecule has 0 heterocycles. The van der Waals surface area contributed by atoms with E-state index in [0.717, 1.165) is 9.13 Å². The smallest absolute Gasteiger partial charge is 0.256 e. The standard InChI is InChI=1S/C16H15IN2O2/c1-10-4-3-5-14(15(10)17)16(21)19-13-8-6-12(7-9-13)18-11(2)20/h3-9H,1-2H3,(H,18,20)(H,19,21). The van der Waals surface area contributed by atoms with Crippen molar-refractivity contribution in [1.82, 2.24) is 0 Å².